The third kappa shape index (κ3) is 3.32. The Bertz CT molecular complexity index is 569. The molecule has 4 nitrogen and oxygen atoms in total. The minimum atomic E-state index is -0.909. The number of nitrogens with zero attached hydrogens (tertiary/aromatic N) is 1. The average molecular weight is 298 g/mol. The number of amides is 1. The zero-order chi connectivity index (χ0) is 16.0. The molecule has 0 bridgehead atoms. The van der Waals surface area contributed by atoms with Crippen molar-refractivity contribution in [2.24, 2.45) is 0 Å². The van der Waals surface area contributed by atoms with E-state index in [-0.39, 0.29) is 11.3 Å². The normalized spacial score (nSPS) is 20.4. The summed E-state index contributed by atoms with van der Waals surface area (Å²) >= 11 is 0. The van der Waals surface area contributed by atoms with Gasteiger partial charge in [-0.1, -0.05) is 0 Å². The number of morpholine rings is 1. The second kappa shape index (κ2) is 4.94. The van der Waals surface area contributed by atoms with Crippen LogP contribution in [0.15, 0.2) is 12.1 Å². The van der Waals surface area contributed by atoms with Crippen molar-refractivity contribution < 1.29 is 18.3 Å². The van der Waals surface area contributed by atoms with Crippen LogP contribution >= 0.6 is 0 Å². The van der Waals surface area contributed by atoms with Gasteiger partial charge in [0.25, 0.3) is 5.91 Å². The summed E-state index contributed by atoms with van der Waals surface area (Å²) < 4.78 is 32.9. The molecule has 0 spiro atoms. The quantitative estimate of drug-likeness (QED) is 0.811. The second-order valence-electron chi connectivity index (χ2n) is 6.64. The van der Waals surface area contributed by atoms with Crippen LogP contribution in [0.5, 0.6) is 0 Å². The first-order chi connectivity index (χ1) is 9.51. The summed E-state index contributed by atoms with van der Waals surface area (Å²) in [4.78, 5) is 14.0. The van der Waals surface area contributed by atoms with Gasteiger partial charge in [0.1, 0.15) is 11.6 Å². The summed E-state index contributed by atoms with van der Waals surface area (Å²) in [6.45, 7) is 8.11. The number of hydrogen-bond acceptors (Lipinski definition) is 3. The van der Waals surface area contributed by atoms with Crippen LogP contribution in [0.2, 0.25) is 0 Å². The van der Waals surface area contributed by atoms with E-state index in [0.29, 0.717) is 19.2 Å². The molecule has 0 aromatic heterocycles. The highest BCUT2D eigenvalue weighted by Gasteiger charge is 2.40. The zero-order valence-electron chi connectivity index (χ0n) is 12.7. The number of carbonyl (C=O) groups excluding carboxylic acids is 1. The van der Waals surface area contributed by atoms with Gasteiger partial charge in [0.05, 0.1) is 22.5 Å². The molecule has 1 heterocycles. The van der Waals surface area contributed by atoms with Crippen molar-refractivity contribution in [3.05, 3.63) is 29.3 Å². The van der Waals surface area contributed by atoms with Gasteiger partial charge in [0.15, 0.2) is 0 Å². The van der Waals surface area contributed by atoms with Crippen LogP contribution < -0.4 is 5.73 Å². The number of carbonyl (C=O) groups is 1. The van der Waals surface area contributed by atoms with Crippen LogP contribution in [0.4, 0.5) is 14.5 Å². The first-order valence-electron chi connectivity index (χ1n) is 6.75. The van der Waals surface area contributed by atoms with E-state index in [1.165, 1.54) is 4.90 Å². The summed E-state index contributed by atoms with van der Waals surface area (Å²) in [5.74, 6) is -2.29. The molecule has 6 heteroatoms. The Balaban J connectivity index is 2.34. The van der Waals surface area contributed by atoms with Crippen molar-refractivity contribution in [2.75, 3.05) is 18.8 Å². The Labute approximate surface area is 122 Å². The predicted octanol–water partition coefficient (Wildman–Crippen LogP) is 2.58. The fraction of sp³-hybridized carbons (Fsp3) is 0.533. The van der Waals surface area contributed by atoms with Gasteiger partial charge in [-0.25, -0.2) is 8.78 Å². The van der Waals surface area contributed by atoms with Crippen molar-refractivity contribution in [2.45, 2.75) is 38.9 Å². The molecule has 1 saturated heterocycles. The van der Waals surface area contributed by atoms with Crippen LogP contribution in [0.25, 0.3) is 0 Å². The van der Waals surface area contributed by atoms with E-state index in [4.69, 9.17) is 10.5 Å². The molecule has 1 fully saturated rings. The monoisotopic (exact) mass is 298 g/mol. The highest BCUT2D eigenvalue weighted by Crippen LogP contribution is 2.29. The van der Waals surface area contributed by atoms with Crippen LogP contribution in [0.3, 0.4) is 0 Å². The maximum atomic E-state index is 13.8. The summed E-state index contributed by atoms with van der Waals surface area (Å²) in [6, 6.07) is 1.68. The topological polar surface area (TPSA) is 55.6 Å². The lowest BCUT2D eigenvalue weighted by atomic mass is 9.98. The lowest BCUT2D eigenvalue weighted by Gasteiger charge is -2.47. The molecule has 2 rings (SSSR count). The molecule has 1 amide bonds. The van der Waals surface area contributed by atoms with Crippen molar-refractivity contribution in [1.29, 1.82) is 0 Å². The van der Waals surface area contributed by atoms with E-state index < -0.39 is 28.7 Å². The van der Waals surface area contributed by atoms with Gasteiger partial charge < -0.3 is 15.4 Å². The summed E-state index contributed by atoms with van der Waals surface area (Å²) in [6.07, 6.45) is 0. The summed E-state index contributed by atoms with van der Waals surface area (Å²) in [7, 11) is 0. The molecule has 21 heavy (non-hydrogen) atoms. The van der Waals surface area contributed by atoms with Gasteiger partial charge in [-0.3, -0.25) is 4.79 Å². The predicted molar refractivity (Wildman–Crippen MR) is 75.9 cm³/mol. The third-order valence-corrected chi connectivity index (χ3v) is 3.30. The largest absolute Gasteiger partial charge is 0.396 e. The van der Waals surface area contributed by atoms with Crippen molar-refractivity contribution in [1.82, 2.24) is 4.90 Å². The van der Waals surface area contributed by atoms with Gasteiger partial charge in [-0.15, -0.1) is 0 Å². The number of hydrogen-bond donors (Lipinski definition) is 1. The van der Waals surface area contributed by atoms with E-state index in [9.17, 15) is 13.6 Å². The van der Waals surface area contributed by atoms with Crippen LogP contribution in [0.1, 0.15) is 38.1 Å². The number of benzene rings is 1. The SMILES string of the molecule is CC1(C)CN(C(=O)c2cc(N)c(F)cc2F)CC(C)(C)O1. The van der Waals surface area contributed by atoms with Crippen LogP contribution in [-0.2, 0) is 4.74 Å². The minimum Gasteiger partial charge on any atom is -0.396 e. The molecule has 2 N–H and O–H groups in total. The standard InChI is InChI=1S/C15H20F2N2O2/c1-14(2)7-19(8-15(3,4)21-14)13(20)9-5-12(18)11(17)6-10(9)16/h5-6H,7-8,18H2,1-4H3. The maximum absolute atomic E-state index is 13.8. The highest BCUT2D eigenvalue weighted by molar-refractivity contribution is 5.95. The van der Waals surface area contributed by atoms with Gasteiger partial charge in [0, 0.05) is 19.2 Å². The Kier molecular flexibility index (Phi) is 3.70. The molecule has 0 aliphatic carbocycles. The lowest BCUT2D eigenvalue weighted by Crippen LogP contribution is -2.58. The molecule has 0 radical (unpaired) electrons. The van der Waals surface area contributed by atoms with Gasteiger partial charge in [0.2, 0.25) is 0 Å². The molecule has 1 aromatic rings. The molecule has 0 unspecified atom stereocenters. The fourth-order valence-corrected chi connectivity index (χ4v) is 2.83. The molecular formula is C15H20F2N2O2. The number of ether oxygens (including phenoxy) is 1. The zero-order valence-corrected chi connectivity index (χ0v) is 12.7. The van der Waals surface area contributed by atoms with E-state index in [2.05, 4.69) is 0 Å². The Morgan fingerprint density at radius 1 is 1.14 bits per heavy atom. The smallest absolute Gasteiger partial charge is 0.257 e. The maximum Gasteiger partial charge on any atom is 0.257 e. The van der Waals surface area contributed by atoms with Crippen molar-refractivity contribution >= 4 is 11.6 Å². The lowest BCUT2D eigenvalue weighted by molar-refractivity contribution is -0.171. The Morgan fingerprint density at radius 3 is 2.19 bits per heavy atom. The molecule has 0 atom stereocenters. The van der Waals surface area contributed by atoms with E-state index >= 15 is 0 Å². The Hall–Kier alpha value is -1.69. The molecule has 1 aromatic carbocycles. The van der Waals surface area contributed by atoms with Crippen molar-refractivity contribution in [3.63, 3.8) is 0 Å². The Morgan fingerprint density at radius 2 is 1.67 bits per heavy atom. The summed E-state index contributed by atoms with van der Waals surface area (Å²) in [5.41, 5.74) is 3.88. The molecule has 1 aliphatic rings. The first-order valence-corrected chi connectivity index (χ1v) is 6.75. The number of anilines is 1. The van der Waals surface area contributed by atoms with Crippen molar-refractivity contribution in [3.8, 4) is 0 Å². The number of nitrogen functional groups attached to an aromatic ring is 1. The molecule has 0 saturated carbocycles. The average Bonchev–Trinajstić information content (AvgIpc) is 2.29. The first kappa shape index (κ1) is 15.7. The van der Waals surface area contributed by atoms with E-state index in [1.807, 2.05) is 27.7 Å². The molecule has 116 valence electrons. The number of halogens is 2. The van der Waals surface area contributed by atoms with E-state index in [0.717, 1.165) is 6.07 Å². The highest BCUT2D eigenvalue weighted by atomic mass is 19.1. The van der Waals surface area contributed by atoms with Gasteiger partial charge in [-0.2, -0.15) is 0 Å². The minimum absolute atomic E-state index is 0.220. The summed E-state index contributed by atoms with van der Waals surface area (Å²) in [5, 5.41) is 0. The second-order valence-corrected chi connectivity index (χ2v) is 6.64. The number of nitrogens with two attached hydrogens (primary N) is 1. The fourth-order valence-electron chi connectivity index (χ4n) is 2.83. The van der Waals surface area contributed by atoms with E-state index in [1.54, 1.807) is 0 Å². The molecule has 1 aliphatic heterocycles. The van der Waals surface area contributed by atoms with Crippen LogP contribution in [0, 0.1) is 11.6 Å². The number of rotatable bonds is 1. The third-order valence-electron chi connectivity index (χ3n) is 3.30. The molecular weight excluding hydrogens is 278 g/mol. The van der Waals surface area contributed by atoms with Gasteiger partial charge in [-0.05, 0) is 33.8 Å². The van der Waals surface area contributed by atoms with Crippen LogP contribution in [-0.4, -0.2) is 35.1 Å². The van der Waals surface area contributed by atoms with Gasteiger partial charge >= 0.3 is 0 Å².